The Bertz CT molecular complexity index is 608. The van der Waals surface area contributed by atoms with Crippen molar-refractivity contribution in [3.05, 3.63) is 23.9 Å². The molecule has 10 heteroatoms. The highest BCUT2D eigenvalue weighted by molar-refractivity contribution is 5.92. The van der Waals surface area contributed by atoms with Gasteiger partial charge in [0.15, 0.2) is 6.61 Å². The minimum absolute atomic E-state index is 0.0699. The summed E-state index contributed by atoms with van der Waals surface area (Å²) in [6.07, 6.45) is -5.38. The molecule has 1 amide bonds. The number of hydrogen-bond acceptors (Lipinski definition) is 5. The average Bonchev–Trinajstić information content (AvgIpc) is 2.51. The number of carbonyl (C=O) groups excluding carboxylic acids is 1. The maximum absolute atomic E-state index is 12.4. The molecule has 1 N–H and O–H groups in total. The molecule has 132 valence electrons. The lowest BCUT2D eigenvalue weighted by Crippen LogP contribution is -2.46. The van der Waals surface area contributed by atoms with Gasteiger partial charge in [-0.2, -0.15) is 13.2 Å². The second-order valence-corrected chi connectivity index (χ2v) is 5.11. The highest BCUT2D eigenvalue weighted by Gasteiger charge is 2.30. The average molecular weight is 348 g/mol. The molecular weight excluding hydrogens is 333 g/mol. The van der Waals surface area contributed by atoms with Gasteiger partial charge in [0.05, 0.1) is 19.1 Å². The van der Waals surface area contributed by atoms with Crippen LogP contribution in [0.25, 0.3) is 0 Å². The second-order valence-electron chi connectivity index (χ2n) is 5.11. The van der Waals surface area contributed by atoms with Crippen molar-refractivity contribution in [2.45, 2.75) is 18.7 Å². The summed E-state index contributed by atoms with van der Waals surface area (Å²) >= 11 is 0. The third-order valence-electron chi connectivity index (χ3n) is 3.15. The molecule has 1 unspecified atom stereocenters. The third-order valence-corrected chi connectivity index (χ3v) is 3.15. The first-order valence-electron chi connectivity index (χ1n) is 7.04. The molecule has 0 radical (unpaired) electrons. The van der Waals surface area contributed by atoms with Crippen molar-refractivity contribution in [3.8, 4) is 5.88 Å². The molecule has 1 atom stereocenters. The monoisotopic (exact) mass is 348 g/mol. The van der Waals surface area contributed by atoms with Crippen molar-refractivity contribution >= 4 is 11.9 Å². The van der Waals surface area contributed by atoms with Crippen molar-refractivity contribution in [3.63, 3.8) is 0 Å². The van der Waals surface area contributed by atoms with Crippen molar-refractivity contribution in [1.29, 1.82) is 0 Å². The van der Waals surface area contributed by atoms with E-state index in [0.717, 1.165) is 0 Å². The van der Waals surface area contributed by atoms with Crippen LogP contribution >= 0.6 is 0 Å². The Hall–Kier alpha value is -2.36. The van der Waals surface area contributed by atoms with E-state index >= 15 is 0 Å². The van der Waals surface area contributed by atoms with Crippen LogP contribution in [0.4, 0.5) is 13.2 Å². The highest BCUT2D eigenvalue weighted by Crippen LogP contribution is 2.18. The van der Waals surface area contributed by atoms with Crippen LogP contribution in [0.3, 0.4) is 0 Å². The predicted molar refractivity (Wildman–Crippen MR) is 73.7 cm³/mol. The highest BCUT2D eigenvalue weighted by atomic mass is 19.4. The number of rotatable bonds is 5. The molecule has 1 aromatic heterocycles. The van der Waals surface area contributed by atoms with E-state index in [1.807, 2.05) is 0 Å². The number of hydrogen-bond donors (Lipinski definition) is 1. The van der Waals surface area contributed by atoms with Crippen LogP contribution in [0, 0.1) is 0 Å². The van der Waals surface area contributed by atoms with Gasteiger partial charge in [0.2, 0.25) is 5.88 Å². The van der Waals surface area contributed by atoms with Crippen LogP contribution in [-0.2, 0) is 9.53 Å². The fraction of sp³-hybridized carbons (Fsp3) is 0.500. The van der Waals surface area contributed by atoms with E-state index < -0.39 is 30.8 Å². The zero-order chi connectivity index (χ0) is 17.7. The Morgan fingerprint density at radius 2 is 2.17 bits per heavy atom. The van der Waals surface area contributed by atoms with Gasteiger partial charge in [0, 0.05) is 19.2 Å². The lowest BCUT2D eigenvalue weighted by atomic mass is 10.2. The predicted octanol–water partition coefficient (Wildman–Crippen LogP) is 1.34. The van der Waals surface area contributed by atoms with Gasteiger partial charge in [-0.3, -0.25) is 9.59 Å². The second kappa shape index (κ2) is 7.47. The Labute approximate surface area is 135 Å². The number of halogens is 3. The number of carboxylic acid groups (broad SMARTS) is 1. The molecule has 1 fully saturated rings. The molecule has 1 aliphatic rings. The summed E-state index contributed by atoms with van der Waals surface area (Å²) in [5, 5.41) is 8.76. The molecule has 0 saturated carbocycles. The minimum atomic E-state index is -4.50. The molecule has 0 spiro atoms. The summed E-state index contributed by atoms with van der Waals surface area (Å²) in [6.45, 7) is -1.02. The molecule has 2 heterocycles. The van der Waals surface area contributed by atoms with Gasteiger partial charge in [-0.15, -0.1) is 0 Å². The summed E-state index contributed by atoms with van der Waals surface area (Å²) in [4.78, 5) is 28.2. The Kier molecular flexibility index (Phi) is 5.60. The first-order valence-corrected chi connectivity index (χ1v) is 7.04. The smallest absolute Gasteiger partial charge is 0.422 e. The maximum Gasteiger partial charge on any atom is 0.422 e. The van der Waals surface area contributed by atoms with E-state index in [1.54, 1.807) is 0 Å². The number of morpholine rings is 1. The largest absolute Gasteiger partial charge is 0.481 e. The van der Waals surface area contributed by atoms with E-state index in [-0.39, 0.29) is 37.7 Å². The topological polar surface area (TPSA) is 89.0 Å². The van der Waals surface area contributed by atoms with Gasteiger partial charge < -0.3 is 19.5 Å². The first kappa shape index (κ1) is 18.0. The fourth-order valence-corrected chi connectivity index (χ4v) is 2.15. The molecule has 2 rings (SSSR count). The third kappa shape index (κ3) is 5.37. The summed E-state index contributed by atoms with van der Waals surface area (Å²) in [6, 6.07) is 3.93. The van der Waals surface area contributed by atoms with Crippen LogP contribution in [0.1, 0.15) is 16.9 Å². The molecule has 1 aromatic rings. The molecule has 0 bridgehead atoms. The van der Waals surface area contributed by atoms with Crippen molar-refractivity contribution in [2.24, 2.45) is 0 Å². The van der Waals surface area contributed by atoms with Crippen LogP contribution < -0.4 is 4.74 Å². The zero-order valence-corrected chi connectivity index (χ0v) is 12.5. The van der Waals surface area contributed by atoms with Gasteiger partial charge in [0.1, 0.15) is 5.69 Å². The normalized spacial score (nSPS) is 18.3. The van der Waals surface area contributed by atoms with Gasteiger partial charge in [-0.05, 0) is 6.07 Å². The Morgan fingerprint density at radius 1 is 1.42 bits per heavy atom. The summed E-state index contributed by atoms with van der Waals surface area (Å²) in [5.41, 5.74) is -0.0781. The number of nitrogens with zero attached hydrogens (tertiary/aromatic N) is 2. The minimum Gasteiger partial charge on any atom is -0.481 e. The molecule has 0 aromatic carbocycles. The molecule has 24 heavy (non-hydrogen) atoms. The summed E-state index contributed by atoms with van der Waals surface area (Å²) < 4.78 is 46.2. The van der Waals surface area contributed by atoms with Gasteiger partial charge >= 0.3 is 12.1 Å². The molecule has 1 aliphatic heterocycles. The lowest BCUT2D eigenvalue weighted by Gasteiger charge is -2.32. The zero-order valence-electron chi connectivity index (χ0n) is 12.5. The van der Waals surface area contributed by atoms with Crippen LogP contribution in [0.5, 0.6) is 5.88 Å². The number of aliphatic carboxylic acids is 1. The summed E-state index contributed by atoms with van der Waals surface area (Å²) in [7, 11) is 0. The SMILES string of the molecule is O=C(O)CC1CN(C(=O)c2cccc(OCC(F)(F)F)n2)CCO1. The van der Waals surface area contributed by atoms with E-state index in [9.17, 15) is 22.8 Å². The Balaban J connectivity index is 2.02. The van der Waals surface area contributed by atoms with Crippen LogP contribution in [0.15, 0.2) is 18.2 Å². The van der Waals surface area contributed by atoms with E-state index in [4.69, 9.17) is 9.84 Å². The standard InChI is InChI=1S/C14H15F3N2O5/c15-14(16,17)8-24-11-3-1-2-10(18-11)13(22)19-4-5-23-9(7-19)6-12(20)21/h1-3,9H,4-8H2,(H,20,21). The number of ether oxygens (including phenoxy) is 2. The number of alkyl halides is 3. The van der Waals surface area contributed by atoms with E-state index in [1.165, 1.54) is 23.1 Å². The number of carboxylic acids is 1. The number of pyridine rings is 1. The van der Waals surface area contributed by atoms with Crippen LogP contribution in [0.2, 0.25) is 0 Å². The molecule has 1 saturated heterocycles. The van der Waals surface area contributed by atoms with Crippen LogP contribution in [-0.4, -0.2) is 65.5 Å². The van der Waals surface area contributed by atoms with Crippen molar-refractivity contribution < 1.29 is 37.3 Å². The van der Waals surface area contributed by atoms with E-state index in [0.29, 0.717) is 0 Å². The Morgan fingerprint density at radius 3 is 2.83 bits per heavy atom. The van der Waals surface area contributed by atoms with Crippen molar-refractivity contribution in [1.82, 2.24) is 9.88 Å². The maximum atomic E-state index is 12.4. The number of amides is 1. The van der Waals surface area contributed by atoms with Gasteiger partial charge in [0.25, 0.3) is 5.91 Å². The van der Waals surface area contributed by atoms with E-state index in [2.05, 4.69) is 9.72 Å². The first-order chi connectivity index (χ1) is 11.2. The van der Waals surface area contributed by atoms with Gasteiger partial charge in [-0.1, -0.05) is 6.07 Å². The van der Waals surface area contributed by atoms with Crippen molar-refractivity contribution in [2.75, 3.05) is 26.3 Å². The summed E-state index contributed by atoms with van der Waals surface area (Å²) in [5.74, 6) is -1.88. The molecule has 7 nitrogen and oxygen atoms in total. The number of aromatic nitrogens is 1. The molecule has 0 aliphatic carbocycles. The fourth-order valence-electron chi connectivity index (χ4n) is 2.15. The quantitative estimate of drug-likeness (QED) is 0.864. The molecular formula is C14H15F3N2O5. The van der Waals surface area contributed by atoms with Gasteiger partial charge in [-0.25, -0.2) is 4.98 Å². The number of carbonyl (C=O) groups is 2. The lowest BCUT2D eigenvalue weighted by molar-refractivity contribution is -0.154.